The fourth-order valence-corrected chi connectivity index (χ4v) is 4.04. The van der Waals surface area contributed by atoms with Gasteiger partial charge in [0, 0.05) is 6.42 Å². The van der Waals surface area contributed by atoms with E-state index in [4.69, 9.17) is 4.74 Å². The van der Waals surface area contributed by atoms with Crippen LogP contribution in [0.3, 0.4) is 0 Å². The molecule has 2 amide bonds. The lowest BCUT2D eigenvalue weighted by atomic mass is 9.77. The number of aliphatic carboxylic acids is 1. The molecule has 0 heterocycles. The highest BCUT2D eigenvalue weighted by Crippen LogP contribution is 2.34. The number of carbonyl (C=O) groups is 3. The average molecular weight is 489 g/mol. The molecule has 0 aliphatic rings. The van der Waals surface area contributed by atoms with Crippen molar-refractivity contribution in [2.45, 2.75) is 50.8 Å². The van der Waals surface area contributed by atoms with Crippen molar-refractivity contribution >= 4 is 18.0 Å². The Balaban J connectivity index is 2.06. The number of ether oxygens (including phenoxy) is 1. The van der Waals surface area contributed by atoms with Crippen molar-refractivity contribution in [2.24, 2.45) is 0 Å². The van der Waals surface area contributed by atoms with Gasteiger partial charge in [-0.15, -0.1) is 0 Å². The first kappa shape index (κ1) is 26.5. The number of amides is 2. The van der Waals surface area contributed by atoms with Crippen LogP contribution >= 0.6 is 0 Å². The minimum Gasteiger partial charge on any atom is -0.481 e. The SMILES string of the molecule is CC(C)(C)OC(=O)N[C@@H](CC(=O)O)C(=O)NC(Cc1ccccc1)(c1ccccc1)c1ccccc1. The van der Waals surface area contributed by atoms with E-state index in [0.717, 1.165) is 16.7 Å². The van der Waals surface area contributed by atoms with E-state index in [1.54, 1.807) is 20.8 Å². The van der Waals surface area contributed by atoms with Gasteiger partial charge < -0.3 is 20.5 Å². The molecule has 0 spiro atoms. The molecule has 0 saturated heterocycles. The number of rotatable bonds is 9. The summed E-state index contributed by atoms with van der Waals surface area (Å²) < 4.78 is 5.27. The van der Waals surface area contributed by atoms with Crippen LogP contribution in [0.4, 0.5) is 4.79 Å². The number of benzene rings is 3. The molecule has 7 nitrogen and oxygen atoms in total. The van der Waals surface area contributed by atoms with Crippen LogP contribution in [0.1, 0.15) is 43.9 Å². The van der Waals surface area contributed by atoms with E-state index in [9.17, 15) is 19.5 Å². The molecule has 0 bridgehead atoms. The molecular weight excluding hydrogens is 456 g/mol. The molecule has 0 unspecified atom stereocenters. The third kappa shape index (κ3) is 7.18. The largest absolute Gasteiger partial charge is 0.481 e. The van der Waals surface area contributed by atoms with Crippen LogP contribution in [0.5, 0.6) is 0 Å². The van der Waals surface area contributed by atoms with Crippen molar-refractivity contribution in [3.63, 3.8) is 0 Å². The number of nitrogens with one attached hydrogen (secondary N) is 2. The number of hydrogen-bond donors (Lipinski definition) is 3. The number of carbonyl (C=O) groups excluding carboxylic acids is 2. The van der Waals surface area contributed by atoms with Gasteiger partial charge in [0.05, 0.1) is 12.0 Å². The van der Waals surface area contributed by atoms with Crippen LogP contribution in [0.2, 0.25) is 0 Å². The van der Waals surface area contributed by atoms with Gasteiger partial charge in [0.15, 0.2) is 0 Å². The van der Waals surface area contributed by atoms with Crippen molar-refractivity contribution in [2.75, 3.05) is 0 Å². The zero-order valence-corrected chi connectivity index (χ0v) is 20.7. The van der Waals surface area contributed by atoms with Gasteiger partial charge in [-0.1, -0.05) is 91.0 Å². The van der Waals surface area contributed by atoms with E-state index >= 15 is 0 Å². The lowest BCUT2D eigenvalue weighted by Gasteiger charge is -2.37. The van der Waals surface area contributed by atoms with Gasteiger partial charge in [-0.3, -0.25) is 9.59 Å². The maximum Gasteiger partial charge on any atom is 0.408 e. The zero-order chi connectivity index (χ0) is 26.2. The predicted molar refractivity (Wildman–Crippen MR) is 137 cm³/mol. The Hall–Kier alpha value is -4.13. The summed E-state index contributed by atoms with van der Waals surface area (Å²) in [7, 11) is 0. The summed E-state index contributed by atoms with van der Waals surface area (Å²) in [5.74, 6) is -1.86. The van der Waals surface area contributed by atoms with E-state index < -0.39 is 41.6 Å². The molecule has 36 heavy (non-hydrogen) atoms. The number of carboxylic acids is 1. The monoisotopic (exact) mass is 488 g/mol. The highest BCUT2D eigenvalue weighted by atomic mass is 16.6. The second-order valence-electron chi connectivity index (χ2n) is 9.59. The highest BCUT2D eigenvalue weighted by molar-refractivity contribution is 5.90. The molecule has 0 aliphatic heterocycles. The molecule has 3 aromatic carbocycles. The summed E-state index contributed by atoms with van der Waals surface area (Å²) in [5.41, 5.74) is 0.771. The summed E-state index contributed by atoms with van der Waals surface area (Å²) in [6.45, 7) is 5.07. The Kier molecular flexibility index (Phi) is 8.48. The van der Waals surface area contributed by atoms with E-state index in [2.05, 4.69) is 10.6 Å². The Labute approximate surface area is 211 Å². The van der Waals surface area contributed by atoms with Gasteiger partial charge in [-0.2, -0.15) is 0 Å². The quantitative estimate of drug-likeness (QED) is 0.406. The minimum atomic E-state index is -1.35. The van der Waals surface area contributed by atoms with Gasteiger partial charge in [0.2, 0.25) is 5.91 Å². The highest BCUT2D eigenvalue weighted by Gasteiger charge is 2.39. The van der Waals surface area contributed by atoms with Crippen molar-refractivity contribution in [1.29, 1.82) is 0 Å². The first-order valence-electron chi connectivity index (χ1n) is 11.8. The van der Waals surface area contributed by atoms with E-state index in [1.165, 1.54) is 0 Å². The van der Waals surface area contributed by atoms with Crippen molar-refractivity contribution in [1.82, 2.24) is 10.6 Å². The van der Waals surface area contributed by atoms with Gasteiger partial charge in [0.25, 0.3) is 0 Å². The topological polar surface area (TPSA) is 105 Å². The van der Waals surface area contributed by atoms with Crippen molar-refractivity contribution < 1.29 is 24.2 Å². The third-order valence-electron chi connectivity index (χ3n) is 5.57. The predicted octanol–water partition coefficient (Wildman–Crippen LogP) is 4.66. The normalized spacial score (nSPS) is 12.3. The van der Waals surface area contributed by atoms with Crippen LogP contribution in [0.25, 0.3) is 0 Å². The van der Waals surface area contributed by atoms with Crippen molar-refractivity contribution in [3.05, 3.63) is 108 Å². The summed E-state index contributed by atoms with van der Waals surface area (Å²) >= 11 is 0. The fourth-order valence-electron chi connectivity index (χ4n) is 4.04. The van der Waals surface area contributed by atoms with E-state index in [0.29, 0.717) is 6.42 Å². The maximum absolute atomic E-state index is 13.7. The molecule has 3 N–H and O–H groups in total. The second kappa shape index (κ2) is 11.5. The van der Waals surface area contributed by atoms with Crippen LogP contribution < -0.4 is 10.6 Å². The molecule has 3 aromatic rings. The Bertz CT molecular complexity index is 1120. The third-order valence-corrected chi connectivity index (χ3v) is 5.57. The number of carboxylic acid groups (broad SMARTS) is 1. The molecule has 1 atom stereocenters. The Morgan fingerprint density at radius 1 is 0.806 bits per heavy atom. The molecule has 0 fully saturated rings. The molecule has 0 aliphatic carbocycles. The molecule has 0 aromatic heterocycles. The van der Waals surface area contributed by atoms with Gasteiger partial charge in [-0.05, 0) is 37.5 Å². The standard InChI is InChI=1S/C29H32N2O5/c1-28(2,3)36-27(35)30-24(19-25(32)33)26(34)31-29(22-15-9-5-10-16-22,23-17-11-6-12-18-23)20-21-13-7-4-8-14-21/h4-18,24H,19-20H2,1-3H3,(H,30,35)(H,31,34)(H,32,33)/t24-/m0/s1. The summed E-state index contributed by atoms with van der Waals surface area (Å²) in [6.07, 6.45) is -1.06. The van der Waals surface area contributed by atoms with E-state index in [-0.39, 0.29) is 0 Å². The van der Waals surface area contributed by atoms with Crippen LogP contribution in [0, 0.1) is 0 Å². The average Bonchev–Trinajstić information content (AvgIpc) is 2.83. The first-order valence-corrected chi connectivity index (χ1v) is 11.8. The lowest BCUT2D eigenvalue weighted by Crippen LogP contribution is -2.56. The van der Waals surface area contributed by atoms with Gasteiger partial charge >= 0.3 is 12.1 Å². The number of hydrogen-bond acceptors (Lipinski definition) is 4. The summed E-state index contributed by atoms with van der Waals surface area (Å²) in [4.78, 5) is 37.7. The lowest BCUT2D eigenvalue weighted by molar-refractivity contribution is -0.140. The van der Waals surface area contributed by atoms with Crippen LogP contribution in [0.15, 0.2) is 91.0 Å². The Morgan fingerprint density at radius 3 is 1.72 bits per heavy atom. The second-order valence-corrected chi connectivity index (χ2v) is 9.59. The van der Waals surface area contributed by atoms with Crippen LogP contribution in [-0.2, 0) is 26.3 Å². The summed E-state index contributed by atoms with van der Waals surface area (Å²) in [6, 6.07) is 27.4. The smallest absolute Gasteiger partial charge is 0.408 e. The zero-order valence-electron chi connectivity index (χ0n) is 20.7. The van der Waals surface area contributed by atoms with Gasteiger partial charge in [0.1, 0.15) is 11.6 Å². The minimum absolute atomic E-state index is 0.403. The van der Waals surface area contributed by atoms with Gasteiger partial charge in [-0.25, -0.2) is 4.79 Å². The molecular formula is C29H32N2O5. The van der Waals surface area contributed by atoms with Crippen molar-refractivity contribution in [3.8, 4) is 0 Å². The molecule has 0 radical (unpaired) electrons. The number of alkyl carbamates (subject to hydrolysis) is 1. The Morgan fingerprint density at radius 2 is 1.28 bits per heavy atom. The molecule has 3 rings (SSSR count). The molecule has 7 heteroatoms. The fraction of sp³-hybridized carbons (Fsp3) is 0.276. The molecule has 0 saturated carbocycles. The molecule has 188 valence electrons. The van der Waals surface area contributed by atoms with Crippen LogP contribution in [-0.4, -0.2) is 34.7 Å². The maximum atomic E-state index is 13.7. The first-order chi connectivity index (χ1) is 17.1. The van der Waals surface area contributed by atoms with E-state index in [1.807, 2.05) is 91.0 Å². The summed E-state index contributed by atoms with van der Waals surface area (Å²) in [5, 5.41) is 15.0.